The lowest BCUT2D eigenvalue weighted by atomic mass is 10.2. The summed E-state index contributed by atoms with van der Waals surface area (Å²) in [5, 5.41) is 1.04. The minimum absolute atomic E-state index is 0.114. The van der Waals surface area contributed by atoms with Crippen LogP contribution in [0.5, 0.6) is 0 Å². The predicted molar refractivity (Wildman–Crippen MR) is 89.5 cm³/mol. The summed E-state index contributed by atoms with van der Waals surface area (Å²) in [4.78, 5) is 18.5. The molecular weight excluding hydrogens is 312 g/mol. The highest BCUT2D eigenvalue weighted by Gasteiger charge is 2.21. The molecule has 23 heavy (non-hydrogen) atoms. The Hall–Kier alpha value is -2.18. The number of aromatic nitrogens is 1. The lowest BCUT2D eigenvalue weighted by Crippen LogP contribution is -2.22. The number of benzene rings is 1. The van der Waals surface area contributed by atoms with Crippen LogP contribution in [0.15, 0.2) is 41.0 Å². The van der Waals surface area contributed by atoms with E-state index in [0.717, 1.165) is 10.5 Å². The Kier molecular flexibility index (Phi) is 4.45. The summed E-state index contributed by atoms with van der Waals surface area (Å²) in [7, 11) is 3.35. The van der Waals surface area contributed by atoms with E-state index in [0.29, 0.717) is 17.9 Å². The van der Waals surface area contributed by atoms with Crippen molar-refractivity contribution in [3.8, 4) is 0 Å². The van der Waals surface area contributed by atoms with Crippen molar-refractivity contribution >= 4 is 27.5 Å². The molecule has 120 valence electrons. The Morgan fingerprint density at radius 1 is 1.39 bits per heavy atom. The number of rotatable bonds is 5. The van der Waals surface area contributed by atoms with Crippen LogP contribution in [-0.4, -0.2) is 30.0 Å². The molecule has 0 fully saturated rings. The first-order valence-corrected chi connectivity index (χ1v) is 8.12. The van der Waals surface area contributed by atoms with E-state index in [9.17, 15) is 4.79 Å². The van der Waals surface area contributed by atoms with Crippen molar-refractivity contribution in [2.75, 3.05) is 14.2 Å². The third-order valence-corrected chi connectivity index (χ3v) is 5.08. The molecule has 3 aromatic rings. The molecule has 0 unspecified atom stereocenters. The van der Waals surface area contributed by atoms with Crippen LogP contribution in [-0.2, 0) is 11.3 Å². The van der Waals surface area contributed by atoms with Crippen molar-refractivity contribution in [3.05, 3.63) is 52.9 Å². The van der Waals surface area contributed by atoms with Gasteiger partial charge in [-0.05, 0) is 32.2 Å². The van der Waals surface area contributed by atoms with E-state index < -0.39 is 0 Å². The van der Waals surface area contributed by atoms with Gasteiger partial charge in [0.05, 0.1) is 36.2 Å². The van der Waals surface area contributed by atoms with Gasteiger partial charge in [-0.2, -0.15) is 0 Å². The van der Waals surface area contributed by atoms with Crippen LogP contribution in [0, 0.1) is 0 Å². The van der Waals surface area contributed by atoms with Gasteiger partial charge in [-0.15, -0.1) is 11.3 Å². The Labute approximate surface area is 138 Å². The Balaban J connectivity index is 1.78. The van der Waals surface area contributed by atoms with Crippen molar-refractivity contribution in [1.29, 1.82) is 0 Å². The SMILES string of the molecule is COC(=O)c1ccoc1CN(C)[C@H](C)c1nc2ccccc2s1. The van der Waals surface area contributed by atoms with Gasteiger partial charge in [0, 0.05) is 0 Å². The van der Waals surface area contributed by atoms with Crippen LogP contribution in [0.4, 0.5) is 0 Å². The summed E-state index contributed by atoms with van der Waals surface area (Å²) in [6, 6.07) is 9.85. The summed E-state index contributed by atoms with van der Waals surface area (Å²) < 4.78 is 11.4. The lowest BCUT2D eigenvalue weighted by molar-refractivity contribution is 0.0596. The molecule has 0 radical (unpaired) electrons. The van der Waals surface area contributed by atoms with Crippen molar-refractivity contribution < 1.29 is 13.9 Å². The van der Waals surface area contributed by atoms with E-state index >= 15 is 0 Å². The third-order valence-electron chi connectivity index (χ3n) is 3.87. The monoisotopic (exact) mass is 330 g/mol. The highest BCUT2D eigenvalue weighted by Crippen LogP contribution is 2.29. The number of methoxy groups -OCH3 is 1. The van der Waals surface area contributed by atoms with E-state index in [1.54, 1.807) is 17.4 Å². The predicted octanol–water partition coefficient (Wildman–Crippen LogP) is 3.87. The molecule has 0 spiro atoms. The maximum atomic E-state index is 11.7. The number of hydrogen-bond donors (Lipinski definition) is 0. The van der Waals surface area contributed by atoms with Crippen molar-refractivity contribution in [2.45, 2.75) is 19.5 Å². The van der Waals surface area contributed by atoms with Gasteiger partial charge in [-0.1, -0.05) is 12.1 Å². The molecule has 0 N–H and O–H groups in total. The standard InChI is InChI=1S/C17H18N2O3S/c1-11(16-18-13-6-4-5-7-15(13)23-16)19(2)10-14-12(8-9-22-14)17(20)21-3/h4-9,11H,10H2,1-3H3/t11-/m1/s1. The van der Waals surface area contributed by atoms with Gasteiger partial charge < -0.3 is 9.15 Å². The zero-order chi connectivity index (χ0) is 16.4. The first-order chi connectivity index (χ1) is 11.1. The zero-order valence-electron chi connectivity index (χ0n) is 13.3. The van der Waals surface area contributed by atoms with Crippen LogP contribution >= 0.6 is 11.3 Å². The lowest BCUT2D eigenvalue weighted by Gasteiger charge is -2.22. The van der Waals surface area contributed by atoms with E-state index in [2.05, 4.69) is 17.9 Å². The number of carbonyl (C=O) groups is 1. The molecule has 0 saturated carbocycles. The number of para-hydroxylation sites is 1. The minimum Gasteiger partial charge on any atom is -0.467 e. The summed E-state index contributed by atoms with van der Waals surface area (Å²) >= 11 is 1.69. The maximum absolute atomic E-state index is 11.7. The number of furan rings is 1. The Bertz CT molecular complexity index is 791. The average molecular weight is 330 g/mol. The Morgan fingerprint density at radius 2 is 2.17 bits per heavy atom. The third kappa shape index (κ3) is 3.13. The van der Waals surface area contributed by atoms with Crippen molar-refractivity contribution in [1.82, 2.24) is 9.88 Å². The number of thiazole rings is 1. The van der Waals surface area contributed by atoms with Gasteiger partial charge in [-0.3, -0.25) is 4.90 Å². The quantitative estimate of drug-likeness (QED) is 0.665. The number of esters is 1. The fraction of sp³-hybridized carbons (Fsp3) is 0.294. The van der Waals surface area contributed by atoms with Crippen molar-refractivity contribution in [2.24, 2.45) is 0 Å². The van der Waals surface area contributed by atoms with Gasteiger partial charge in [0.1, 0.15) is 16.3 Å². The van der Waals surface area contributed by atoms with Gasteiger partial charge in [0.2, 0.25) is 0 Å². The molecule has 0 amide bonds. The second-order valence-electron chi connectivity index (χ2n) is 5.36. The van der Waals surface area contributed by atoms with Crippen LogP contribution in [0.2, 0.25) is 0 Å². The number of hydrogen-bond acceptors (Lipinski definition) is 6. The van der Waals surface area contributed by atoms with E-state index in [4.69, 9.17) is 14.1 Å². The first-order valence-electron chi connectivity index (χ1n) is 7.30. The fourth-order valence-corrected chi connectivity index (χ4v) is 3.46. The minimum atomic E-state index is -0.380. The molecule has 6 heteroatoms. The van der Waals surface area contributed by atoms with Gasteiger partial charge in [-0.25, -0.2) is 9.78 Å². The number of fused-ring (bicyclic) bond motifs is 1. The first kappa shape index (κ1) is 15.7. The maximum Gasteiger partial charge on any atom is 0.341 e. The van der Waals surface area contributed by atoms with Crippen molar-refractivity contribution in [3.63, 3.8) is 0 Å². The van der Waals surface area contributed by atoms with E-state index in [1.807, 2.05) is 25.2 Å². The summed E-state index contributed by atoms with van der Waals surface area (Å²) in [5.74, 6) is 0.224. The highest BCUT2D eigenvalue weighted by molar-refractivity contribution is 7.18. The van der Waals surface area contributed by atoms with Crippen LogP contribution in [0.1, 0.15) is 34.1 Å². The second kappa shape index (κ2) is 6.52. The molecule has 2 aromatic heterocycles. The van der Waals surface area contributed by atoms with Gasteiger partial charge >= 0.3 is 5.97 Å². The second-order valence-corrected chi connectivity index (χ2v) is 6.42. The summed E-state index contributed by atoms with van der Waals surface area (Å²) in [5.41, 5.74) is 1.48. The molecule has 0 aliphatic carbocycles. The zero-order valence-corrected chi connectivity index (χ0v) is 14.1. The summed E-state index contributed by atoms with van der Waals surface area (Å²) in [6.45, 7) is 2.60. The molecule has 0 bridgehead atoms. The van der Waals surface area contributed by atoms with Crippen LogP contribution in [0.3, 0.4) is 0 Å². The largest absolute Gasteiger partial charge is 0.467 e. The molecule has 0 aliphatic rings. The normalized spacial score (nSPS) is 12.7. The van der Waals surface area contributed by atoms with Gasteiger partial charge in [0.15, 0.2) is 0 Å². The molecule has 0 aliphatic heterocycles. The van der Waals surface area contributed by atoms with E-state index in [-0.39, 0.29) is 12.0 Å². The average Bonchev–Trinajstić information content (AvgIpc) is 3.19. The molecule has 0 saturated heterocycles. The molecule has 1 atom stereocenters. The van der Waals surface area contributed by atoms with E-state index in [1.165, 1.54) is 18.1 Å². The topological polar surface area (TPSA) is 55.6 Å². The molecule has 2 heterocycles. The number of ether oxygens (including phenoxy) is 1. The van der Waals surface area contributed by atoms with Crippen LogP contribution in [0.25, 0.3) is 10.2 Å². The highest BCUT2D eigenvalue weighted by atomic mass is 32.1. The molecule has 3 rings (SSSR count). The number of carbonyl (C=O) groups excluding carboxylic acids is 1. The van der Waals surface area contributed by atoms with Crippen LogP contribution < -0.4 is 0 Å². The molecule has 5 nitrogen and oxygen atoms in total. The number of nitrogens with zero attached hydrogens (tertiary/aromatic N) is 2. The molecule has 1 aromatic carbocycles. The smallest absolute Gasteiger partial charge is 0.341 e. The van der Waals surface area contributed by atoms with Gasteiger partial charge in [0.25, 0.3) is 0 Å². The molecular formula is C17H18N2O3S. The Morgan fingerprint density at radius 3 is 2.91 bits per heavy atom. The summed E-state index contributed by atoms with van der Waals surface area (Å²) in [6.07, 6.45) is 1.51. The fourth-order valence-electron chi connectivity index (χ4n) is 2.38.